The molecule has 0 bridgehead atoms. The van der Waals surface area contributed by atoms with E-state index in [0.29, 0.717) is 5.56 Å². The molecule has 1 aromatic carbocycles. The van der Waals surface area contributed by atoms with Crippen molar-refractivity contribution in [3.05, 3.63) is 28.8 Å². The molecule has 0 atom stereocenters. The summed E-state index contributed by atoms with van der Waals surface area (Å²) in [5.41, 5.74) is 2.01. The molecule has 1 aromatic rings. The van der Waals surface area contributed by atoms with Crippen LogP contribution in [-0.2, 0) is 14.1 Å². The molecule has 1 rings (SSSR count). The van der Waals surface area contributed by atoms with Crippen molar-refractivity contribution in [2.75, 3.05) is 12.5 Å². The van der Waals surface area contributed by atoms with E-state index in [0.717, 1.165) is 28.1 Å². The summed E-state index contributed by atoms with van der Waals surface area (Å²) < 4.78 is 9.20. The number of carbonyl (C=O) groups excluding carboxylic acids is 1. The Morgan fingerprint density at radius 2 is 1.95 bits per heavy atom. The fourth-order valence-electron chi connectivity index (χ4n) is 1.46. The first-order valence-electron chi connectivity index (χ1n) is 5.07. The Morgan fingerprint density at radius 3 is 2.42 bits per heavy atom. The molecule has 0 aliphatic carbocycles. The van der Waals surface area contributed by atoms with Gasteiger partial charge in [-0.1, -0.05) is 0 Å². The second-order valence-electron chi connectivity index (χ2n) is 3.48. The number of hydrogen-bond donors (Lipinski definition) is 0. The van der Waals surface area contributed by atoms with Crippen LogP contribution < -0.4 is 34.8 Å². The van der Waals surface area contributed by atoms with Gasteiger partial charge < -0.3 is 9.99 Å². The van der Waals surface area contributed by atoms with Gasteiger partial charge in [0.05, 0.1) is 23.5 Å². The zero-order valence-corrected chi connectivity index (χ0v) is 14.5. The third-order valence-corrected chi connectivity index (χ3v) is 3.24. The number of rotatable bonds is 6. The van der Waals surface area contributed by atoms with Crippen LogP contribution in [0.5, 0.6) is 0 Å². The summed E-state index contributed by atoms with van der Waals surface area (Å²) in [6.07, 6.45) is 0. The molecular weight excluding hydrogens is 303 g/mol. The van der Waals surface area contributed by atoms with E-state index in [1.165, 1.54) is 0 Å². The molecule has 0 aliphatic heterocycles. The van der Waals surface area contributed by atoms with E-state index in [1.54, 1.807) is 26.0 Å². The van der Waals surface area contributed by atoms with Gasteiger partial charge in [0, 0.05) is 4.90 Å². The summed E-state index contributed by atoms with van der Waals surface area (Å²) in [4.78, 5) is 12.4. The largest absolute Gasteiger partial charge is 1.00 e. The molecular formula is C11H12ClNaO5S. The Morgan fingerprint density at radius 1 is 1.37 bits per heavy atom. The number of esters is 1. The third kappa shape index (κ3) is 6.01. The van der Waals surface area contributed by atoms with E-state index in [2.05, 4.69) is 9.37 Å². The molecule has 8 heteroatoms. The first-order chi connectivity index (χ1) is 8.60. The first kappa shape index (κ1) is 19.2. The molecule has 0 N–H and O–H groups in total. The number of ether oxygens (including phenoxy) is 1. The van der Waals surface area contributed by atoms with E-state index >= 15 is 0 Å². The number of aryl methyl sites for hydroxylation is 2. The van der Waals surface area contributed by atoms with E-state index in [-0.39, 0.29) is 42.0 Å². The van der Waals surface area contributed by atoms with Crippen molar-refractivity contribution < 1.29 is 53.7 Å². The summed E-state index contributed by atoms with van der Waals surface area (Å²) >= 11 is 6.24. The van der Waals surface area contributed by atoms with Crippen LogP contribution in [0.15, 0.2) is 17.0 Å². The van der Waals surface area contributed by atoms with Gasteiger partial charge >= 0.3 is 35.5 Å². The maximum atomic E-state index is 11.6. The third-order valence-electron chi connectivity index (χ3n) is 2.15. The Bertz CT molecular complexity index is 407. The molecule has 0 unspecified atom stereocenters. The van der Waals surface area contributed by atoms with Crippen LogP contribution in [0.2, 0.25) is 0 Å². The quantitative estimate of drug-likeness (QED) is 0.166. The Labute approximate surface area is 142 Å². The molecule has 0 fully saturated rings. The average Bonchev–Trinajstić information content (AvgIpc) is 2.34. The summed E-state index contributed by atoms with van der Waals surface area (Å²) in [7, 11) is 0. The number of hydrogen-bond acceptors (Lipinski definition) is 6. The normalized spacial score (nSPS) is 9.89. The van der Waals surface area contributed by atoms with Crippen LogP contribution in [-0.4, -0.2) is 18.5 Å². The Kier molecular flexibility index (Phi) is 10.1. The van der Waals surface area contributed by atoms with Crippen LogP contribution in [0.25, 0.3) is 0 Å². The monoisotopic (exact) mass is 314 g/mol. The van der Waals surface area contributed by atoms with E-state index < -0.39 is 5.97 Å². The first-order valence-corrected chi connectivity index (χ1v) is 6.35. The molecule has 0 saturated heterocycles. The molecule has 0 spiro atoms. The van der Waals surface area contributed by atoms with Gasteiger partial charge in [-0.25, -0.2) is 4.79 Å². The molecule has 0 radical (unpaired) electrons. The number of alkyl halides is 1. The van der Waals surface area contributed by atoms with Gasteiger partial charge in [-0.3, -0.25) is 5.04 Å². The van der Waals surface area contributed by atoms with E-state index in [1.807, 2.05) is 0 Å². The van der Waals surface area contributed by atoms with Gasteiger partial charge in [0.2, 0.25) is 0 Å². The SMILES string of the molecule is Cc1cc(C(=O)OCCCl)cc(C)c1SOO[O-].[Na+]. The van der Waals surface area contributed by atoms with Crippen LogP contribution >= 0.6 is 23.6 Å². The maximum Gasteiger partial charge on any atom is 1.00 e. The standard InChI is InChI=1S/C11H13ClO5S.Na/c1-7-5-9(11(13)15-4-3-12)6-8(2)10(7)18-17-16-14;/h5-6,14H,3-4H2,1-2H3;/q;+1/p-1. The van der Waals surface area contributed by atoms with E-state index in [4.69, 9.17) is 16.3 Å². The minimum atomic E-state index is -0.431. The maximum absolute atomic E-state index is 11.6. The van der Waals surface area contributed by atoms with Crippen LogP contribution in [0, 0.1) is 13.8 Å². The molecule has 0 aromatic heterocycles. The Balaban J connectivity index is 0.00000324. The zero-order chi connectivity index (χ0) is 13.5. The van der Waals surface area contributed by atoms with Crippen molar-refractivity contribution in [3.8, 4) is 0 Å². The molecule has 100 valence electrons. The van der Waals surface area contributed by atoms with Crippen molar-refractivity contribution in [1.82, 2.24) is 0 Å². The number of carbonyl (C=O) groups is 1. The van der Waals surface area contributed by atoms with Crippen molar-refractivity contribution in [1.29, 1.82) is 0 Å². The molecule has 5 nitrogen and oxygen atoms in total. The fraction of sp³-hybridized carbons (Fsp3) is 0.364. The molecule has 19 heavy (non-hydrogen) atoms. The smallest absolute Gasteiger partial charge is 0.691 e. The van der Waals surface area contributed by atoms with Gasteiger partial charge in [0.15, 0.2) is 0 Å². The average molecular weight is 315 g/mol. The topological polar surface area (TPSA) is 67.8 Å². The second-order valence-corrected chi connectivity index (χ2v) is 4.57. The van der Waals surface area contributed by atoms with Crippen LogP contribution in [0.3, 0.4) is 0 Å². The summed E-state index contributed by atoms with van der Waals surface area (Å²) in [5, 5.41) is 13.1. The minimum absolute atomic E-state index is 0. The number of halogens is 1. The van der Waals surface area contributed by atoms with Gasteiger partial charge in [0.1, 0.15) is 6.61 Å². The molecule has 0 saturated carbocycles. The second kappa shape index (κ2) is 10.0. The van der Waals surface area contributed by atoms with Crippen LogP contribution in [0.4, 0.5) is 0 Å². The van der Waals surface area contributed by atoms with Crippen molar-refractivity contribution >= 4 is 29.6 Å². The summed E-state index contributed by atoms with van der Waals surface area (Å²) in [6, 6.07) is 3.31. The summed E-state index contributed by atoms with van der Waals surface area (Å²) in [5.74, 6) is -0.175. The van der Waals surface area contributed by atoms with Gasteiger partial charge in [-0.2, -0.15) is 4.33 Å². The molecule has 0 heterocycles. The molecule has 0 amide bonds. The van der Waals surface area contributed by atoms with Crippen molar-refractivity contribution in [2.45, 2.75) is 18.7 Å². The Hall–Kier alpha value is 0.210. The van der Waals surface area contributed by atoms with E-state index in [9.17, 15) is 10.1 Å². The summed E-state index contributed by atoms with van der Waals surface area (Å²) in [6.45, 7) is 3.76. The van der Waals surface area contributed by atoms with Gasteiger partial charge in [-0.05, 0) is 37.1 Å². The van der Waals surface area contributed by atoms with Crippen molar-refractivity contribution in [3.63, 3.8) is 0 Å². The van der Waals surface area contributed by atoms with Gasteiger partial charge in [0.25, 0.3) is 0 Å². The molecule has 0 aliphatic rings. The predicted octanol–water partition coefficient (Wildman–Crippen LogP) is -1.07. The van der Waals surface area contributed by atoms with Crippen molar-refractivity contribution in [2.24, 2.45) is 0 Å². The van der Waals surface area contributed by atoms with Crippen LogP contribution in [0.1, 0.15) is 21.5 Å². The van der Waals surface area contributed by atoms with Gasteiger partial charge in [-0.15, -0.1) is 11.6 Å². The fourth-order valence-corrected chi connectivity index (χ4v) is 2.02. The number of benzene rings is 1. The minimum Gasteiger partial charge on any atom is -0.691 e. The predicted molar refractivity (Wildman–Crippen MR) is 64.9 cm³/mol. The zero-order valence-electron chi connectivity index (χ0n) is 10.9.